The van der Waals surface area contributed by atoms with E-state index < -0.39 is 0 Å². The number of fused-ring (bicyclic) bond motifs is 1. The van der Waals surface area contributed by atoms with Crippen LogP contribution in [-0.2, 0) is 9.59 Å². The molecular weight excluding hydrogens is 394 g/mol. The van der Waals surface area contributed by atoms with Crippen molar-refractivity contribution in [2.24, 2.45) is 5.92 Å². The van der Waals surface area contributed by atoms with Gasteiger partial charge in [0.2, 0.25) is 11.8 Å². The van der Waals surface area contributed by atoms with Gasteiger partial charge in [-0.2, -0.15) is 0 Å². The molecule has 2 saturated heterocycles. The Morgan fingerprint density at radius 2 is 1.81 bits per heavy atom. The molecule has 7 heteroatoms. The molecule has 3 aliphatic rings. The summed E-state index contributed by atoms with van der Waals surface area (Å²) in [5, 5.41) is 0. The van der Waals surface area contributed by atoms with Crippen LogP contribution in [0.2, 0.25) is 0 Å². The van der Waals surface area contributed by atoms with Gasteiger partial charge in [-0.15, -0.1) is 0 Å². The van der Waals surface area contributed by atoms with Crippen molar-refractivity contribution in [2.75, 3.05) is 31.2 Å². The molecule has 0 radical (unpaired) electrons. The molecule has 0 bridgehead atoms. The summed E-state index contributed by atoms with van der Waals surface area (Å²) in [4.78, 5) is 34.3. The van der Waals surface area contributed by atoms with E-state index in [1.165, 1.54) is 0 Å². The molecule has 2 aromatic rings. The monoisotopic (exact) mass is 421 g/mol. The molecule has 5 rings (SSSR count). The second kappa shape index (κ2) is 8.57. The first kappa shape index (κ1) is 19.8. The highest BCUT2D eigenvalue weighted by atomic mass is 16.6. The van der Waals surface area contributed by atoms with E-state index in [2.05, 4.69) is 4.98 Å². The molecule has 2 fully saturated rings. The minimum Gasteiger partial charge on any atom is -0.486 e. The van der Waals surface area contributed by atoms with Crippen molar-refractivity contribution < 1.29 is 19.1 Å². The van der Waals surface area contributed by atoms with Crippen molar-refractivity contribution in [3.05, 3.63) is 48.3 Å². The Morgan fingerprint density at radius 3 is 2.65 bits per heavy atom. The van der Waals surface area contributed by atoms with E-state index in [0.29, 0.717) is 31.3 Å². The molecule has 4 heterocycles. The van der Waals surface area contributed by atoms with Gasteiger partial charge in [0, 0.05) is 43.7 Å². The second-order valence-corrected chi connectivity index (χ2v) is 8.41. The number of rotatable bonds is 3. The van der Waals surface area contributed by atoms with Crippen molar-refractivity contribution in [2.45, 2.75) is 38.1 Å². The van der Waals surface area contributed by atoms with Crippen LogP contribution in [0.15, 0.2) is 42.7 Å². The Hall–Kier alpha value is -3.09. The summed E-state index contributed by atoms with van der Waals surface area (Å²) in [5.74, 6) is 1.07. The number of anilines is 1. The number of carbonyl (C=O) groups excluding carboxylic acids is 2. The van der Waals surface area contributed by atoms with Crippen molar-refractivity contribution in [1.29, 1.82) is 0 Å². The molecule has 0 N–H and O–H groups in total. The normalized spacial score (nSPS) is 23.5. The minimum atomic E-state index is -0.330. The molecule has 0 spiro atoms. The van der Waals surface area contributed by atoms with Crippen molar-refractivity contribution >= 4 is 17.5 Å². The fourth-order valence-corrected chi connectivity index (χ4v) is 4.86. The van der Waals surface area contributed by atoms with E-state index in [1.54, 1.807) is 17.3 Å². The summed E-state index contributed by atoms with van der Waals surface area (Å²) in [5.41, 5.74) is 1.88. The summed E-state index contributed by atoms with van der Waals surface area (Å²) >= 11 is 0. The number of ether oxygens (including phenoxy) is 2. The minimum absolute atomic E-state index is 0.0229. The Kier molecular flexibility index (Phi) is 5.49. The number of aromatic nitrogens is 1. The number of carbonyl (C=O) groups is 2. The van der Waals surface area contributed by atoms with E-state index in [1.807, 2.05) is 35.2 Å². The fourth-order valence-electron chi connectivity index (χ4n) is 4.86. The van der Waals surface area contributed by atoms with Crippen LogP contribution in [-0.4, -0.2) is 48.0 Å². The standard InChI is InChI=1S/C24H27N3O4/c28-23-14-18(16-27(23)19-5-6-21-22(15-19)31-13-12-30-21)24(29)26-11-3-1-2-4-20(26)17-7-9-25-10-8-17/h5-10,15,18,20H,1-4,11-14,16H2. The highest BCUT2D eigenvalue weighted by molar-refractivity contribution is 6.00. The number of hydrogen-bond acceptors (Lipinski definition) is 5. The molecule has 7 nitrogen and oxygen atoms in total. The third kappa shape index (κ3) is 3.96. The van der Waals surface area contributed by atoms with Crippen LogP contribution in [0.1, 0.15) is 43.7 Å². The summed E-state index contributed by atoms with van der Waals surface area (Å²) in [7, 11) is 0. The van der Waals surface area contributed by atoms with Crippen LogP contribution in [0.25, 0.3) is 0 Å². The largest absolute Gasteiger partial charge is 0.486 e. The van der Waals surface area contributed by atoms with Gasteiger partial charge in [-0.3, -0.25) is 14.6 Å². The van der Waals surface area contributed by atoms with Gasteiger partial charge < -0.3 is 19.3 Å². The number of amides is 2. The molecule has 2 unspecified atom stereocenters. The van der Waals surface area contributed by atoms with Crippen LogP contribution in [0.4, 0.5) is 5.69 Å². The van der Waals surface area contributed by atoms with Crippen LogP contribution >= 0.6 is 0 Å². The predicted molar refractivity (Wildman–Crippen MR) is 115 cm³/mol. The first-order valence-corrected chi connectivity index (χ1v) is 11.1. The maximum absolute atomic E-state index is 13.6. The molecule has 31 heavy (non-hydrogen) atoms. The van der Waals surface area contributed by atoms with E-state index in [4.69, 9.17) is 9.47 Å². The molecule has 1 aromatic carbocycles. The molecule has 1 aromatic heterocycles. The topological polar surface area (TPSA) is 72.0 Å². The first-order valence-electron chi connectivity index (χ1n) is 11.1. The van der Waals surface area contributed by atoms with Crippen molar-refractivity contribution in [3.63, 3.8) is 0 Å². The number of benzene rings is 1. The van der Waals surface area contributed by atoms with Crippen LogP contribution in [0.5, 0.6) is 11.5 Å². The van der Waals surface area contributed by atoms with E-state index >= 15 is 0 Å². The number of likely N-dealkylation sites (tertiary alicyclic amines) is 1. The molecule has 2 amide bonds. The second-order valence-electron chi connectivity index (χ2n) is 8.41. The molecule has 0 aliphatic carbocycles. The lowest BCUT2D eigenvalue weighted by molar-refractivity contribution is -0.138. The van der Waals surface area contributed by atoms with Gasteiger partial charge in [0.25, 0.3) is 0 Å². The number of hydrogen-bond donors (Lipinski definition) is 0. The fraction of sp³-hybridized carbons (Fsp3) is 0.458. The van der Waals surface area contributed by atoms with Crippen LogP contribution < -0.4 is 14.4 Å². The summed E-state index contributed by atoms with van der Waals surface area (Å²) < 4.78 is 11.2. The summed E-state index contributed by atoms with van der Waals surface area (Å²) in [6, 6.07) is 9.58. The van der Waals surface area contributed by atoms with Gasteiger partial charge >= 0.3 is 0 Å². The average molecular weight is 421 g/mol. The lowest BCUT2D eigenvalue weighted by Crippen LogP contribution is -2.40. The Bertz CT molecular complexity index is 965. The predicted octanol–water partition coefficient (Wildman–Crippen LogP) is 3.35. The molecular formula is C24H27N3O4. The highest BCUT2D eigenvalue weighted by Crippen LogP contribution is 2.37. The van der Waals surface area contributed by atoms with Crippen LogP contribution in [0, 0.1) is 5.92 Å². The molecule has 0 saturated carbocycles. The van der Waals surface area contributed by atoms with Gasteiger partial charge in [0.1, 0.15) is 13.2 Å². The van der Waals surface area contributed by atoms with E-state index in [9.17, 15) is 9.59 Å². The van der Waals surface area contributed by atoms with Gasteiger partial charge in [0.05, 0.1) is 12.0 Å². The number of nitrogens with zero attached hydrogens (tertiary/aromatic N) is 3. The zero-order valence-electron chi connectivity index (χ0n) is 17.5. The zero-order valence-corrected chi connectivity index (χ0v) is 17.5. The van der Waals surface area contributed by atoms with Gasteiger partial charge in [-0.25, -0.2) is 0 Å². The smallest absolute Gasteiger partial charge is 0.228 e. The zero-order chi connectivity index (χ0) is 21.2. The van der Waals surface area contributed by atoms with Gasteiger partial charge in [-0.1, -0.05) is 12.8 Å². The SMILES string of the molecule is O=C1CC(C(=O)N2CCCCCC2c2ccncc2)CN1c1ccc2c(c1)OCCO2. The van der Waals surface area contributed by atoms with Gasteiger partial charge in [-0.05, 0) is 42.7 Å². The maximum atomic E-state index is 13.6. The highest BCUT2D eigenvalue weighted by Gasteiger charge is 2.39. The molecule has 2 atom stereocenters. The Labute approximate surface area is 182 Å². The van der Waals surface area contributed by atoms with Crippen molar-refractivity contribution in [3.8, 4) is 11.5 Å². The maximum Gasteiger partial charge on any atom is 0.228 e. The molecule has 162 valence electrons. The van der Waals surface area contributed by atoms with E-state index in [-0.39, 0.29) is 30.2 Å². The van der Waals surface area contributed by atoms with E-state index in [0.717, 1.165) is 43.5 Å². The lowest BCUT2D eigenvalue weighted by Gasteiger charge is -2.32. The van der Waals surface area contributed by atoms with Crippen LogP contribution in [0.3, 0.4) is 0 Å². The molecule has 3 aliphatic heterocycles. The summed E-state index contributed by atoms with van der Waals surface area (Å²) in [6.45, 7) is 2.16. The number of pyridine rings is 1. The van der Waals surface area contributed by atoms with Crippen molar-refractivity contribution in [1.82, 2.24) is 9.88 Å². The third-order valence-electron chi connectivity index (χ3n) is 6.44. The average Bonchev–Trinajstić information content (AvgIpc) is 3.04. The first-order chi connectivity index (χ1) is 15.2. The van der Waals surface area contributed by atoms with Gasteiger partial charge in [0.15, 0.2) is 11.5 Å². The Morgan fingerprint density at radius 1 is 1.00 bits per heavy atom. The quantitative estimate of drug-likeness (QED) is 0.760. The Balaban J connectivity index is 1.35. The third-order valence-corrected chi connectivity index (χ3v) is 6.44. The lowest BCUT2D eigenvalue weighted by atomic mass is 9.99. The summed E-state index contributed by atoms with van der Waals surface area (Å²) in [6.07, 6.45) is 7.98.